The summed E-state index contributed by atoms with van der Waals surface area (Å²) in [6, 6.07) is 5.12. The Kier molecular flexibility index (Phi) is 5.16. The van der Waals surface area contributed by atoms with Gasteiger partial charge in [0.1, 0.15) is 18.2 Å². The van der Waals surface area contributed by atoms with Crippen molar-refractivity contribution in [3.05, 3.63) is 30.1 Å². The topological polar surface area (TPSA) is 55.6 Å². The fourth-order valence-corrected chi connectivity index (χ4v) is 1.45. The summed E-state index contributed by atoms with van der Waals surface area (Å²) in [5, 5.41) is 0. The molecule has 0 aliphatic rings. The molecule has 1 unspecified atom stereocenters. The monoisotopic (exact) mass is 308 g/mol. The number of nitrogens with two attached hydrogens (primary N) is 1. The Morgan fingerprint density at radius 1 is 1.29 bits per heavy atom. The third kappa shape index (κ3) is 4.32. The van der Waals surface area contributed by atoms with Crippen LogP contribution in [0.2, 0.25) is 0 Å². The van der Waals surface area contributed by atoms with Gasteiger partial charge >= 0.3 is 6.18 Å². The summed E-state index contributed by atoms with van der Waals surface area (Å²) in [6.07, 6.45) is -4.84. The van der Waals surface area contributed by atoms with E-state index in [0.29, 0.717) is 12.7 Å². The third-order valence-corrected chi connectivity index (χ3v) is 2.89. The van der Waals surface area contributed by atoms with Crippen molar-refractivity contribution in [2.75, 3.05) is 20.2 Å². The molecule has 2 N–H and O–H groups in total. The second kappa shape index (κ2) is 6.30. The maximum Gasteiger partial charge on any atom is 0.415 e. The maximum absolute atomic E-state index is 12.7. The van der Waals surface area contributed by atoms with Gasteiger partial charge in [-0.1, -0.05) is 0 Å². The fraction of sp³-hybridized carbons (Fsp3) is 0.462. The van der Waals surface area contributed by atoms with Crippen LogP contribution in [0.15, 0.2) is 24.3 Å². The second-order valence-corrected chi connectivity index (χ2v) is 4.73. The van der Waals surface area contributed by atoms with Crippen LogP contribution in [0.1, 0.15) is 6.92 Å². The molecule has 0 aliphatic carbocycles. The van der Waals surface area contributed by atoms with E-state index in [1.54, 1.807) is 0 Å². The summed E-state index contributed by atoms with van der Waals surface area (Å²) in [5.74, 6) is -1.33. The van der Waals surface area contributed by atoms with Gasteiger partial charge in [0.2, 0.25) is 0 Å². The molecule has 1 aromatic rings. The Bertz CT molecular complexity index is 486. The van der Waals surface area contributed by atoms with Crippen LogP contribution in [-0.2, 0) is 4.79 Å². The van der Waals surface area contributed by atoms with E-state index in [1.807, 2.05) is 0 Å². The number of ether oxygens (including phenoxy) is 1. The molecule has 21 heavy (non-hydrogen) atoms. The van der Waals surface area contributed by atoms with Crippen LogP contribution in [-0.4, -0.2) is 42.7 Å². The molecular formula is C13H16F4N2O2. The molecule has 118 valence electrons. The average molecular weight is 308 g/mol. The van der Waals surface area contributed by atoms with E-state index in [9.17, 15) is 22.4 Å². The van der Waals surface area contributed by atoms with Gasteiger partial charge in [0.05, 0.1) is 6.54 Å². The number of hydrogen-bond acceptors (Lipinski definition) is 3. The van der Waals surface area contributed by atoms with E-state index < -0.39 is 23.4 Å². The average Bonchev–Trinajstić information content (AvgIpc) is 2.38. The zero-order chi connectivity index (χ0) is 16.3. The first-order chi connectivity index (χ1) is 9.55. The summed E-state index contributed by atoms with van der Waals surface area (Å²) in [4.78, 5) is 12.5. The fourth-order valence-electron chi connectivity index (χ4n) is 1.45. The summed E-state index contributed by atoms with van der Waals surface area (Å²) in [6.45, 7) is 0.494. The van der Waals surface area contributed by atoms with Crippen LogP contribution in [0, 0.1) is 5.82 Å². The van der Waals surface area contributed by atoms with Gasteiger partial charge in [0.25, 0.3) is 5.91 Å². The van der Waals surface area contributed by atoms with E-state index in [0.717, 1.165) is 4.90 Å². The summed E-state index contributed by atoms with van der Waals surface area (Å²) >= 11 is 0. The van der Waals surface area contributed by atoms with E-state index in [4.69, 9.17) is 10.5 Å². The Morgan fingerprint density at radius 2 is 1.81 bits per heavy atom. The molecule has 0 fully saturated rings. The lowest BCUT2D eigenvalue weighted by atomic mass is 10.0. The number of rotatable bonds is 5. The molecule has 0 aliphatic heterocycles. The van der Waals surface area contributed by atoms with Crippen molar-refractivity contribution in [2.45, 2.75) is 18.6 Å². The maximum atomic E-state index is 12.7. The highest BCUT2D eigenvalue weighted by molar-refractivity contribution is 5.86. The van der Waals surface area contributed by atoms with Gasteiger partial charge in [0.15, 0.2) is 5.54 Å². The minimum atomic E-state index is -4.84. The molecule has 1 amide bonds. The molecule has 0 saturated heterocycles. The molecule has 0 bridgehead atoms. The first kappa shape index (κ1) is 17.2. The minimum absolute atomic E-state index is 0.0399. The van der Waals surface area contributed by atoms with Crippen LogP contribution in [0.3, 0.4) is 0 Å². The molecule has 1 rings (SSSR count). The van der Waals surface area contributed by atoms with Crippen molar-refractivity contribution < 1.29 is 27.1 Å². The predicted molar refractivity (Wildman–Crippen MR) is 68.2 cm³/mol. The van der Waals surface area contributed by atoms with Gasteiger partial charge in [-0.25, -0.2) is 4.39 Å². The first-order valence-corrected chi connectivity index (χ1v) is 6.05. The number of halogens is 4. The number of nitrogens with zero attached hydrogens (tertiary/aromatic N) is 1. The largest absolute Gasteiger partial charge is 0.492 e. The molecule has 0 saturated carbocycles. The van der Waals surface area contributed by atoms with Crippen molar-refractivity contribution in [3.8, 4) is 5.75 Å². The van der Waals surface area contributed by atoms with Crippen molar-refractivity contribution in [2.24, 2.45) is 5.73 Å². The molecule has 4 nitrogen and oxygen atoms in total. The van der Waals surface area contributed by atoms with Crippen molar-refractivity contribution in [1.82, 2.24) is 4.90 Å². The zero-order valence-electron chi connectivity index (χ0n) is 11.6. The van der Waals surface area contributed by atoms with Gasteiger partial charge in [-0.3, -0.25) is 4.79 Å². The highest BCUT2D eigenvalue weighted by Crippen LogP contribution is 2.29. The number of carbonyl (C=O) groups is 1. The van der Waals surface area contributed by atoms with Gasteiger partial charge in [-0.05, 0) is 31.2 Å². The molecule has 1 atom stereocenters. The van der Waals surface area contributed by atoms with Crippen molar-refractivity contribution >= 4 is 5.91 Å². The number of benzene rings is 1. The zero-order valence-corrected chi connectivity index (χ0v) is 11.6. The quantitative estimate of drug-likeness (QED) is 0.846. The SMILES string of the molecule is CN(CCOc1ccc(F)cc1)C(=O)C(C)(N)C(F)(F)F. The lowest BCUT2D eigenvalue weighted by Crippen LogP contribution is -2.61. The molecule has 8 heteroatoms. The molecule has 0 radical (unpaired) electrons. The van der Waals surface area contributed by atoms with Crippen LogP contribution in [0.25, 0.3) is 0 Å². The Hall–Kier alpha value is -1.83. The van der Waals surface area contributed by atoms with Crippen LogP contribution >= 0.6 is 0 Å². The predicted octanol–water partition coefficient (Wildman–Crippen LogP) is 1.94. The lowest BCUT2D eigenvalue weighted by molar-refractivity contribution is -0.193. The van der Waals surface area contributed by atoms with Gasteiger partial charge in [-0.15, -0.1) is 0 Å². The van der Waals surface area contributed by atoms with Crippen LogP contribution in [0.4, 0.5) is 17.6 Å². The van der Waals surface area contributed by atoms with Crippen molar-refractivity contribution in [1.29, 1.82) is 0 Å². The molecule has 1 aromatic carbocycles. The van der Waals surface area contributed by atoms with Crippen molar-refractivity contribution in [3.63, 3.8) is 0 Å². The van der Waals surface area contributed by atoms with E-state index >= 15 is 0 Å². The Balaban J connectivity index is 2.52. The van der Waals surface area contributed by atoms with Gasteiger partial charge in [0, 0.05) is 7.05 Å². The molecule has 0 aromatic heterocycles. The van der Waals surface area contributed by atoms with E-state index in [1.165, 1.54) is 31.3 Å². The van der Waals surface area contributed by atoms with Crippen LogP contribution < -0.4 is 10.5 Å². The minimum Gasteiger partial charge on any atom is -0.492 e. The standard InChI is InChI=1S/C13H16F4N2O2/c1-12(18,13(15,16)17)11(20)19(2)7-8-21-10-5-3-9(14)4-6-10/h3-6H,7-8,18H2,1-2H3. The Morgan fingerprint density at radius 3 is 2.29 bits per heavy atom. The number of amides is 1. The number of hydrogen-bond donors (Lipinski definition) is 1. The smallest absolute Gasteiger partial charge is 0.415 e. The second-order valence-electron chi connectivity index (χ2n) is 4.73. The van der Waals surface area contributed by atoms with Crippen LogP contribution in [0.5, 0.6) is 5.75 Å². The number of likely N-dealkylation sites (N-methyl/N-ethyl adjacent to an activating group) is 1. The van der Waals surface area contributed by atoms with Gasteiger partial charge in [-0.2, -0.15) is 13.2 Å². The van der Waals surface area contributed by atoms with E-state index in [2.05, 4.69) is 0 Å². The number of carbonyl (C=O) groups excluding carboxylic acids is 1. The number of alkyl halides is 3. The van der Waals surface area contributed by atoms with E-state index in [-0.39, 0.29) is 13.2 Å². The highest BCUT2D eigenvalue weighted by atomic mass is 19.4. The molecule has 0 heterocycles. The first-order valence-electron chi connectivity index (χ1n) is 6.05. The normalized spacial score (nSPS) is 14.4. The summed E-state index contributed by atoms with van der Waals surface area (Å²) < 4.78 is 55.7. The lowest BCUT2D eigenvalue weighted by Gasteiger charge is -2.30. The molecular weight excluding hydrogens is 292 g/mol. The van der Waals surface area contributed by atoms with Gasteiger partial charge < -0.3 is 15.4 Å². The highest BCUT2D eigenvalue weighted by Gasteiger charge is 2.54. The molecule has 0 spiro atoms. The Labute approximate surface area is 119 Å². The summed E-state index contributed by atoms with van der Waals surface area (Å²) in [5.41, 5.74) is 2.09. The third-order valence-electron chi connectivity index (χ3n) is 2.89. The summed E-state index contributed by atoms with van der Waals surface area (Å²) in [7, 11) is 1.20.